The zero-order valence-corrected chi connectivity index (χ0v) is 7.84. The third kappa shape index (κ3) is 1.95. The van der Waals surface area contributed by atoms with Crippen molar-refractivity contribution in [2.75, 3.05) is 20.3 Å². The maximum absolute atomic E-state index is 11.2. The molecule has 1 heterocycles. The fraction of sp³-hybridized carbons (Fsp3) is 0.750. The molecular weight excluding hydrogens is 190 g/mol. The van der Waals surface area contributed by atoms with E-state index in [4.69, 9.17) is 10.2 Å². The van der Waals surface area contributed by atoms with Gasteiger partial charge in [-0.3, -0.25) is 4.90 Å². The molecule has 6 nitrogen and oxygen atoms in total. The molecule has 14 heavy (non-hydrogen) atoms. The summed E-state index contributed by atoms with van der Waals surface area (Å²) in [4.78, 5) is 22.9. The average Bonchev–Trinajstić information content (AvgIpc) is 2.60. The summed E-state index contributed by atoms with van der Waals surface area (Å²) in [5, 5.41) is 17.6. The van der Waals surface area contributed by atoms with Crippen molar-refractivity contribution in [3.63, 3.8) is 0 Å². The highest BCUT2D eigenvalue weighted by Crippen LogP contribution is 2.23. The summed E-state index contributed by atoms with van der Waals surface area (Å²) in [7, 11) is 1.22. The van der Waals surface area contributed by atoms with E-state index in [1.807, 2.05) is 0 Å². The van der Waals surface area contributed by atoms with Crippen molar-refractivity contribution in [1.29, 1.82) is 0 Å². The standard InChI is InChI=1S/C8H13NO5/c1-14-7(11)6-2-5(4-10)3-9(6)8(12)13/h5-6,10H,2-4H2,1H3,(H,12,13). The lowest BCUT2D eigenvalue weighted by molar-refractivity contribution is -0.145. The minimum absolute atomic E-state index is 0.114. The number of amides is 1. The number of hydrogen-bond donors (Lipinski definition) is 2. The Morgan fingerprint density at radius 1 is 1.57 bits per heavy atom. The lowest BCUT2D eigenvalue weighted by Gasteiger charge is -2.18. The predicted molar refractivity (Wildman–Crippen MR) is 45.7 cm³/mol. The van der Waals surface area contributed by atoms with E-state index in [2.05, 4.69) is 4.74 Å². The number of aliphatic hydroxyl groups excluding tert-OH is 1. The van der Waals surface area contributed by atoms with Crippen molar-refractivity contribution < 1.29 is 24.5 Å². The number of methoxy groups -OCH3 is 1. The number of carbonyl (C=O) groups is 2. The molecule has 2 unspecified atom stereocenters. The number of carbonyl (C=O) groups excluding carboxylic acids is 1. The van der Waals surface area contributed by atoms with Crippen LogP contribution >= 0.6 is 0 Å². The molecule has 1 saturated heterocycles. The summed E-state index contributed by atoms with van der Waals surface area (Å²) in [5.41, 5.74) is 0. The molecule has 0 radical (unpaired) electrons. The van der Waals surface area contributed by atoms with E-state index in [1.165, 1.54) is 7.11 Å². The van der Waals surface area contributed by atoms with Gasteiger partial charge in [-0.2, -0.15) is 0 Å². The Balaban J connectivity index is 2.71. The lowest BCUT2D eigenvalue weighted by atomic mass is 10.1. The smallest absolute Gasteiger partial charge is 0.408 e. The summed E-state index contributed by atoms with van der Waals surface area (Å²) in [6, 6.07) is -0.769. The molecule has 0 aromatic heterocycles. The van der Waals surface area contributed by atoms with Crippen LogP contribution in [0.25, 0.3) is 0 Å². The summed E-state index contributed by atoms with van der Waals surface area (Å²) in [5.74, 6) is -0.737. The highest BCUT2D eigenvalue weighted by Gasteiger charge is 2.39. The predicted octanol–water partition coefficient (Wildman–Crippen LogP) is -0.480. The first-order chi connectivity index (χ1) is 6.60. The highest BCUT2D eigenvalue weighted by atomic mass is 16.5. The second kappa shape index (κ2) is 4.28. The van der Waals surface area contributed by atoms with Crippen molar-refractivity contribution in [1.82, 2.24) is 4.90 Å². The van der Waals surface area contributed by atoms with Gasteiger partial charge in [0.05, 0.1) is 7.11 Å². The van der Waals surface area contributed by atoms with Crippen LogP contribution in [0.1, 0.15) is 6.42 Å². The van der Waals surface area contributed by atoms with Gasteiger partial charge in [-0.05, 0) is 6.42 Å². The number of likely N-dealkylation sites (tertiary alicyclic amines) is 1. The molecule has 0 spiro atoms. The molecule has 1 aliphatic heterocycles. The lowest BCUT2D eigenvalue weighted by Crippen LogP contribution is -2.40. The topological polar surface area (TPSA) is 87.1 Å². The van der Waals surface area contributed by atoms with E-state index < -0.39 is 18.1 Å². The molecule has 0 aliphatic carbocycles. The molecular formula is C8H13NO5. The third-order valence-corrected chi connectivity index (χ3v) is 2.36. The molecule has 1 aliphatic rings. The molecule has 80 valence electrons. The molecule has 0 bridgehead atoms. The Hall–Kier alpha value is -1.30. The maximum atomic E-state index is 11.2. The van der Waals surface area contributed by atoms with E-state index in [-0.39, 0.29) is 19.1 Å². The monoisotopic (exact) mass is 203 g/mol. The van der Waals surface area contributed by atoms with Crippen LogP contribution in [-0.2, 0) is 9.53 Å². The first-order valence-corrected chi connectivity index (χ1v) is 4.28. The first-order valence-electron chi connectivity index (χ1n) is 4.28. The van der Waals surface area contributed by atoms with Crippen LogP contribution in [-0.4, -0.2) is 53.5 Å². The minimum Gasteiger partial charge on any atom is -0.467 e. The quantitative estimate of drug-likeness (QED) is 0.592. The Bertz CT molecular complexity index is 242. The molecule has 2 atom stereocenters. The van der Waals surface area contributed by atoms with Gasteiger partial charge in [-0.1, -0.05) is 0 Å². The Morgan fingerprint density at radius 3 is 2.64 bits per heavy atom. The number of ether oxygens (including phenoxy) is 1. The van der Waals surface area contributed by atoms with Gasteiger partial charge >= 0.3 is 12.1 Å². The van der Waals surface area contributed by atoms with E-state index in [0.29, 0.717) is 6.42 Å². The molecule has 0 aromatic rings. The molecule has 1 amide bonds. The molecule has 0 saturated carbocycles. The van der Waals surface area contributed by atoms with E-state index in [0.717, 1.165) is 4.90 Å². The second-order valence-electron chi connectivity index (χ2n) is 3.26. The fourth-order valence-corrected chi connectivity index (χ4v) is 1.63. The van der Waals surface area contributed by atoms with Crippen molar-refractivity contribution >= 4 is 12.1 Å². The number of aliphatic hydroxyl groups is 1. The summed E-state index contributed by atoms with van der Waals surface area (Å²) >= 11 is 0. The van der Waals surface area contributed by atoms with Crippen LogP contribution < -0.4 is 0 Å². The van der Waals surface area contributed by atoms with Crippen molar-refractivity contribution in [2.45, 2.75) is 12.5 Å². The summed E-state index contributed by atoms with van der Waals surface area (Å²) in [6.07, 6.45) is -0.827. The third-order valence-electron chi connectivity index (χ3n) is 2.36. The van der Waals surface area contributed by atoms with E-state index in [1.54, 1.807) is 0 Å². The summed E-state index contributed by atoms with van der Waals surface area (Å²) in [6.45, 7) is 0.0723. The Morgan fingerprint density at radius 2 is 2.21 bits per heavy atom. The van der Waals surface area contributed by atoms with Crippen LogP contribution in [0.5, 0.6) is 0 Å². The molecule has 1 rings (SSSR count). The zero-order chi connectivity index (χ0) is 10.7. The minimum atomic E-state index is -1.16. The van der Waals surface area contributed by atoms with Gasteiger partial charge in [0.2, 0.25) is 0 Å². The number of rotatable bonds is 2. The molecule has 0 aromatic carbocycles. The van der Waals surface area contributed by atoms with Gasteiger partial charge in [0, 0.05) is 19.1 Å². The molecule has 1 fully saturated rings. The van der Waals surface area contributed by atoms with Gasteiger partial charge in [-0.25, -0.2) is 9.59 Å². The van der Waals surface area contributed by atoms with Gasteiger partial charge in [0.25, 0.3) is 0 Å². The number of hydrogen-bond acceptors (Lipinski definition) is 4. The van der Waals surface area contributed by atoms with Gasteiger partial charge in [0.15, 0.2) is 0 Å². The van der Waals surface area contributed by atoms with Crippen molar-refractivity contribution in [3.05, 3.63) is 0 Å². The van der Waals surface area contributed by atoms with Crippen molar-refractivity contribution in [3.8, 4) is 0 Å². The number of carboxylic acid groups (broad SMARTS) is 1. The Labute approximate surface area is 81.1 Å². The van der Waals surface area contributed by atoms with Crippen LogP contribution in [0.4, 0.5) is 4.79 Å². The number of nitrogens with zero attached hydrogens (tertiary/aromatic N) is 1. The van der Waals surface area contributed by atoms with Crippen molar-refractivity contribution in [2.24, 2.45) is 5.92 Å². The largest absolute Gasteiger partial charge is 0.467 e. The van der Waals surface area contributed by atoms with Crippen LogP contribution in [0.2, 0.25) is 0 Å². The van der Waals surface area contributed by atoms with E-state index in [9.17, 15) is 9.59 Å². The van der Waals surface area contributed by atoms with Crippen LogP contribution in [0.3, 0.4) is 0 Å². The fourth-order valence-electron chi connectivity index (χ4n) is 1.63. The van der Waals surface area contributed by atoms with E-state index >= 15 is 0 Å². The average molecular weight is 203 g/mol. The van der Waals surface area contributed by atoms with Crippen LogP contribution in [0, 0.1) is 5.92 Å². The van der Waals surface area contributed by atoms with Crippen LogP contribution in [0.15, 0.2) is 0 Å². The van der Waals surface area contributed by atoms with Gasteiger partial charge < -0.3 is 14.9 Å². The second-order valence-corrected chi connectivity index (χ2v) is 3.26. The zero-order valence-electron chi connectivity index (χ0n) is 7.84. The Kier molecular flexibility index (Phi) is 3.29. The maximum Gasteiger partial charge on any atom is 0.408 e. The first kappa shape index (κ1) is 10.8. The highest BCUT2D eigenvalue weighted by molar-refractivity contribution is 5.81. The molecule has 6 heteroatoms. The summed E-state index contributed by atoms with van der Waals surface area (Å²) < 4.78 is 4.48. The normalized spacial score (nSPS) is 26.3. The SMILES string of the molecule is COC(=O)C1CC(CO)CN1C(=O)O. The van der Waals surface area contributed by atoms with Gasteiger partial charge in [-0.15, -0.1) is 0 Å². The number of esters is 1. The van der Waals surface area contributed by atoms with Gasteiger partial charge in [0.1, 0.15) is 6.04 Å². The molecule has 2 N–H and O–H groups in total.